The topological polar surface area (TPSA) is 49.8 Å². The zero-order valence-electron chi connectivity index (χ0n) is 12.7. The van der Waals surface area contributed by atoms with Crippen LogP contribution in [-0.4, -0.2) is 36.2 Å². The van der Waals surface area contributed by atoms with Crippen LogP contribution in [0.15, 0.2) is 24.3 Å². The molecule has 114 valence electrons. The average molecular weight is 289 g/mol. The van der Waals surface area contributed by atoms with Gasteiger partial charge < -0.3 is 9.84 Å². The first-order chi connectivity index (χ1) is 10.1. The molecule has 1 aromatic carbocycles. The van der Waals surface area contributed by atoms with E-state index in [1.165, 1.54) is 12.8 Å². The van der Waals surface area contributed by atoms with Crippen LogP contribution < -0.4 is 4.74 Å². The first-order valence-electron chi connectivity index (χ1n) is 7.38. The van der Waals surface area contributed by atoms with Crippen molar-refractivity contribution in [3.05, 3.63) is 35.4 Å². The van der Waals surface area contributed by atoms with Crippen LogP contribution in [0.3, 0.4) is 0 Å². The first kappa shape index (κ1) is 15.6. The molecule has 1 saturated heterocycles. The molecule has 0 saturated carbocycles. The third-order valence-electron chi connectivity index (χ3n) is 3.86. The van der Waals surface area contributed by atoms with Gasteiger partial charge in [0.15, 0.2) is 0 Å². The van der Waals surface area contributed by atoms with Crippen molar-refractivity contribution < 1.29 is 14.6 Å². The van der Waals surface area contributed by atoms with E-state index < -0.39 is 5.97 Å². The zero-order valence-corrected chi connectivity index (χ0v) is 12.7. The summed E-state index contributed by atoms with van der Waals surface area (Å²) in [4.78, 5) is 13.1. The molecule has 4 nitrogen and oxygen atoms in total. The molecule has 0 radical (unpaired) electrons. The van der Waals surface area contributed by atoms with Crippen molar-refractivity contribution in [2.24, 2.45) is 5.92 Å². The van der Waals surface area contributed by atoms with Gasteiger partial charge in [0.05, 0.1) is 7.11 Å². The van der Waals surface area contributed by atoms with Crippen LogP contribution in [0, 0.1) is 5.92 Å². The first-order valence-corrected chi connectivity index (χ1v) is 7.38. The van der Waals surface area contributed by atoms with Crippen LogP contribution in [0.1, 0.15) is 30.9 Å². The molecule has 0 amide bonds. The van der Waals surface area contributed by atoms with Crippen molar-refractivity contribution >= 4 is 12.0 Å². The normalized spacial score (nSPS) is 19.8. The molecule has 0 aliphatic carbocycles. The molecule has 1 aliphatic rings. The van der Waals surface area contributed by atoms with Crippen LogP contribution in [0.5, 0.6) is 5.75 Å². The Morgan fingerprint density at radius 1 is 1.52 bits per heavy atom. The van der Waals surface area contributed by atoms with Gasteiger partial charge in [0.2, 0.25) is 0 Å². The fourth-order valence-electron chi connectivity index (χ4n) is 2.86. The van der Waals surface area contributed by atoms with Crippen LogP contribution in [0.4, 0.5) is 0 Å². The largest absolute Gasteiger partial charge is 0.496 e. The maximum absolute atomic E-state index is 10.6. The minimum Gasteiger partial charge on any atom is -0.496 e. The van der Waals surface area contributed by atoms with E-state index in [0.29, 0.717) is 0 Å². The minimum atomic E-state index is -0.933. The van der Waals surface area contributed by atoms with Crippen molar-refractivity contribution in [1.29, 1.82) is 0 Å². The Kier molecular flexibility index (Phi) is 5.39. The van der Waals surface area contributed by atoms with Gasteiger partial charge in [-0.2, -0.15) is 0 Å². The Morgan fingerprint density at radius 2 is 2.33 bits per heavy atom. The number of carboxylic acid groups (broad SMARTS) is 1. The van der Waals surface area contributed by atoms with Crippen molar-refractivity contribution in [3.8, 4) is 5.75 Å². The van der Waals surface area contributed by atoms with Gasteiger partial charge in [0, 0.05) is 24.7 Å². The van der Waals surface area contributed by atoms with E-state index in [2.05, 4.69) is 11.8 Å². The highest BCUT2D eigenvalue weighted by molar-refractivity contribution is 5.85. The molecule has 2 rings (SSSR count). The SMILES string of the molecule is COc1ccc(C=CC(=O)O)cc1CN1CCCC(C)C1. The summed E-state index contributed by atoms with van der Waals surface area (Å²) in [5.41, 5.74) is 2.00. The molecule has 1 heterocycles. The Morgan fingerprint density at radius 3 is 3.00 bits per heavy atom. The monoisotopic (exact) mass is 289 g/mol. The molecule has 1 atom stereocenters. The summed E-state index contributed by atoms with van der Waals surface area (Å²) in [6.45, 7) is 5.36. The van der Waals surface area contributed by atoms with Crippen molar-refractivity contribution in [1.82, 2.24) is 4.90 Å². The van der Waals surface area contributed by atoms with E-state index in [1.54, 1.807) is 13.2 Å². The lowest BCUT2D eigenvalue weighted by Gasteiger charge is -2.31. The van der Waals surface area contributed by atoms with Crippen LogP contribution >= 0.6 is 0 Å². The second-order valence-electron chi connectivity index (χ2n) is 5.73. The summed E-state index contributed by atoms with van der Waals surface area (Å²) < 4.78 is 5.43. The fourth-order valence-corrected chi connectivity index (χ4v) is 2.86. The molecule has 21 heavy (non-hydrogen) atoms. The average Bonchev–Trinajstić information content (AvgIpc) is 2.45. The lowest BCUT2D eigenvalue weighted by atomic mass is 9.99. The van der Waals surface area contributed by atoms with E-state index in [4.69, 9.17) is 9.84 Å². The number of hydrogen-bond donors (Lipinski definition) is 1. The van der Waals surface area contributed by atoms with Crippen molar-refractivity contribution in [3.63, 3.8) is 0 Å². The Balaban J connectivity index is 2.15. The molecule has 0 spiro atoms. The number of hydrogen-bond acceptors (Lipinski definition) is 3. The maximum atomic E-state index is 10.6. The van der Waals surface area contributed by atoms with Crippen LogP contribution in [-0.2, 0) is 11.3 Å². The fraction of sp³-hybridized carbons (Fsp3) is 0.471. The van der Waals surface area contributed by atoms with Gasteiger partial charge in [-0.1, -0.05) is 13.0 Å². The molecule has 1 aromatic rings. The highest BCUT2D eigenvalue weighted by Crippen LogP contribution is 2.25. The van der Waals surface area contributed by atoms with E-state index in [0.717, 1.165) is 48.5 Å². The number of benzene rings is 1. The molecule has 0 bridgehead atoms. The third-order valence-corrected chi connectivity index (χ3v) is 3.86. The Bertz CT molecular complexity index is 525. The Labute approximate surface area is 126 Å². The quantitative estimate of drug-likeness (QED) is 0.847. The summed E-state index contributed by atoms with van der Waals surface area (Å²) in [5.74, 6) is 0.665. The standard InChI is InChI=1S/C17H23NO3/c1-13-4-3-9-18(11-13)12-15-10-14(6-8-17(19)20)5-7-16(15)21-2/h5-8,10,13H,3-4,9,11-12H2,1-2H3,(H,19,20). The summed E-state index contributed by atoms with van der Waals surface area (Å²) in [7, 11) is 1.67. The maximum Gasteiger partial charge on any atom is 0.328 e. The smallest absolute Gasteiger partial charge is 0.328 e. The molecule has 1 N–H and O–H groups in total. The number of ether oxygens (including phenoxy) is 1. The summed E-state index contributed by atoms with van der Waals surface area (Å²) >= 11 is 0. The highest BCUT2D eigenvalue weighted by Gasteiger charge is 2.17. The predicted octanol–water partition coefficient (Wildman–Crippen LogP) is 3.02. The number of aliphatic carboxylic acids is 1. The van der Waals surface area contributed by atoms with Crippen LogP contribution in [0.25, 0.3) is 6.08 Å². The number of methoxy groups -OCH3 is 1. The van der Waals surface area contributed by atoms with E-state index >= 15 is 0 Å². The zero-order chi connectivity index (χ0) is 15.2. The van der Waals surface area contributed by atoms with Crippen molar-refractivity contribution in [2.45, 2.75) is 26.3 Å². The molecule has 1 aliphatic heterocycles. The van der Waals surface area contributed by atoms with Gasteiger partial charge in [0.25, 0.3) is 0 Å². The minimum absolute atomic E-state index is 0.736. The number of piperidine rings is 1. The second kappa shape index (κ2) is 7.27. The molecular formula is C17H23NO3. The number of carboxylic acids is 1. The van der Waals surface area contributed by atoms with Gasteiger partial charge in [-0.25, -0.2) is 4.79 Å². The van der Waals surface area contributed by atoms with Gasteiger partial charge in [-0.3, -0.25) is 4.90 Å². The number of rotatable bonds is 5. The molecule has 4 heteroatoms. The molecule has 1 fully saturated rings. The van der Waals surface area contributed by atoms with Gasteiger partial charge in [0.1, 0.15) is 5.75 Å². The predicted molar refractivity (Wildman–Crippen MR) is 83.3 cm³/mol. The van der Waals surface area contributed by atoms with Gasteiger partial charge in [-0.15, -0.1) is 0 Å². The third kappa shape index (κ3) is 4.60. The Hall–Kier alpha value is -1.81. The lowest BCUT2D eigenvalue weighted by molar-refractivity contribution is -0.131. The van der Waals surface area contributed by atoms with Gasteiger partial charge in [-0.05, 0) is 49.1 Å². The molecular weight excluding hydrogens is 266 g/mol. The summed E-state index contributed by atoms with van der Waals surface area (Å²) in [6.07, 6.45) is 5.32. The van der Waals surface area contributed by atoms with Crippen LogP contribution in [0.2, 0.25) is 0 Å². The van der Waals surface area contributed by atoms with E-state index in [-0.39, 0.29) is 0 Å². The second-order valence-corrected chi connectivity index (χ2v) is 5.73. The molecule has 0 aromatic heterocycles. The summed E-state index contributed by atoms with van der Waals surface area (Å²) in [5, 5.41) is 8.72. The van der Waals surface area contributed by atoms with E-state index in [1.807, 2.05) is 18.2 Å². The van der Waals surface area contributed by atoms with E-state index in [9.17, 15) is 4.79 Å². The molecule has 1 unspecified atom stereocenters. The number of likely N-dealkylation sites (tertiary alicyclic amines) is 1. The highest BCUT2D eigenvalue weighted by atomic mass is 16.5. The number of carbonyl (C=O) groups is 1. The number of nitrogens with zero attached hydrogens (tertiary/aromatic N) is 1. The lowest BCUT2D eigenvalue weighted by Crippen LogP contribution is -2.33. The summed E-state index contributed by atoms with van der Waals surface area (Å²) in [6, 6.07) is 5.79. The van der Waals surface area contributed by atoms with Crippen molar-refractivity contribution in [2.75, 3.05) is 20.2 Å². The van der Waals surface area contributed by atoms with Gasteiger partial charge >= 0.3 is 5.97 Å².